The smallest absolute Gasteiger partial charge is 0.191 e. The van der Waals surface area contributed by atoms with E-state index >= 15 is 0 Å². The van der Waals surface area contributed by atoms with Crippen LogP contribution in [-0.4, -0.2) is 49.8 Å². The van der Waals surface area contributed by atoms with Crippen molar-refractivity contribution >= 4 is 35.8 Å². The quantitative estimate of drug-likeness (QED) is 0.305. The fourth-order valence-electron chi connectivity index (χ4n) is 3.24. The number of halogens is 1. The molecular formula is C21H38IN5O. The topological polar surface area (TPSA) is 61.8 Å². The maximum Gasteiger partial charge on any atom is 0.191 e. The number of guanidine groups is 1. The Bertz CT molecular complexity index is 576. The number of hydrogen-bond acceptors (Lipinski definition) is 4. The SMILES string of the molecule is CCNC(=NCc1cccnc1N1CCOCC1)NC(C)CCCC(C)C.I. The molecule has 1 aliphatic heterocycles. The highest BCUT2D eigenvalue weighted by Gasteiger charge is 2.15. The molecule has 1 fully saturated rings. The third kappa shape index (κ3) is 8.94. The number of nitrogens with one attached hydrogen (secondary N) is 2. The van der Waals surface area contributed by atoms with Gasteiger partial charge in [0.15, 0.2) is 5.96 Å². The first-order valence-electron chi connectivity index (χ1n) is 10.4. The molecule has 1 unspecified atom stereocenters. The molecule has 2 N–H and O–H groups in total. The van der Waals surface area contributed by atoms with E-state index in [1.165, 1.54) is 12.8 Å². The van der Waals surface area contributed by atoms with Gasteiger partial charge in [-0.25, -0.2) is 9.98 Å². The average Bonchev–Trinajstić information content (AvgIpc) is 2.67. The average molecular weight is 503 g/mol. The van der Waals surface area contributed by atoms with E-state index in [-0.39, 0.29) is 24.0 Å². The van der Waals surface area contributed by atoms with Crippen molar-refractivity contribution in [2.24, 2.45) is 10.9 Å². The summed E-state index contributed by atoms with van der Waals surface area (Å²) in [5.41, 5.74) is 1.16. The summed E-state index contributed by atoms with van der Waals surface area (Å²) in [6, 6.07) is 4.52. The van der Waals surface area contributed by atoms with Crippen molar-refractivity contribution in [3.63, 3.8) is 0 Å². The molecule has 1 atom stereocenters. The van der Waals surface area contributed by atoms with Crippen LogP contribution in [0.1, 0.15) is 52.5 Å². The molecule has 1 aliphatic rings. The minimum atomic E-state index is 0. The van der Waals surface area contributed by atoms with Gasteiger partial charge < -0.3 is 20.3 Å². The normalized spacial score (nSPS) is 15.9. The van der Waals surface area contributed by atoms with E-state index in [4.69, 9.17) is 9.73 Å². The monoisotopic (exact) mass is 503 g/mol. The Hall–Kier alpha value is -1.09. The third-order valence-electron chi connectivity index (χ3n) is 4.73. The maximum atomic E-state index is 5.46. The van der Waals surface area contributed by atoms with Gasteiger partial charge >= 0.3 is 0 Å². The van der Waals surface area contributed by atoms with Gasteiger partial charge in [0.25, 0.3) is 0 Å². The number of aliphatic imine (C=N–C) groups is 1. The molecule has 0 aliphatic carbocycles. The Balaban J connectivity index is 0.00000392. The highest BCUT2D eigenvalue weighted by atomic mass is 127. The molecule has 0 saturated carbocycles. The fourth-order valence-corrected chi connectivity index (χ4v) is 3.24. The lowest BCUT2D eigenvalue weighted by Crippen LogP contribution is -2.42. The van der Waals surface area contributed by atoms with Gasteiger partial charge in [0.05, 0.1) is 19.8 Å². The first-order chi connectivity index (χ1) is 13.1. The van der Waals surface area contributed by atoms with Gasteiger partial charge in [-0.3, -0.25) is 0 Å². The first kappa shape index (κ1) is 24.9. The summed E-state index contributed by atoms with van der Waals surface area (Å²) in [6.07, 6.45) is 5.54. The number of ether oxygens (including phenoxy) is 1. The Labute approximate surface area is 187 Å². The Morgan fingerprint density at radius 2 is 2.00 bits per heavy atom. The molecule has 1 aromatic rings. The van der Waals surface area contributed by atoms with Gasteiger partial charge in [-0.1, -0.05) is 32.8 Å². The molecule has 2 heterocycles. The van der Waals surface area contributed by atoms with Gasteiger partial charge in [-0.05, 0) is 32.3 Å². The Kier molecular flexibility index (Phi) is 12.5. The highest BCUT2D eigenvalue weighted by Crippen LogP contribution is 2.19. The molecular weight excluding hydrogens is 465 g/mol. The van der Waals surface area contributed by atoms with Gasteiger partial charge in [-0.15, -0.1) is 24.0 Å². The van der Waals surface area contributed by atoms with Crippen LogP contribution >= 0.6 is 24.0 Å². The van der Waals surface area contributed by atoms with Crippen molar-refractivity contribution in [3.8, 4) is 0 Å². The predicted molar refractivity (Wildman–Crippen MR) is 129 cm³/mol. The molecule has 0 spiro atoms. The van der Waals surface area contributed by atoms with E-state index in [1.807, 2.05) is 12.3 Å². The number of rotatable bonds is 9. The summed E-state index contributed by atoms with van der Waals surface area (Å²) < 4.78 is 5.46. The van der Waals surface area contributed by atoms with E-state index in [0.29, 0.717) is 12.6 Å². The van der Waals surface area contributed by atoms with Gasteiger partial charge in [0, 0.05) is 37.4 Å². The lowest BCUT2D eigenvalue weighted by atomic mass is 10.0. The molecule has 2 rings (SSSR count). The second-order valence-electron chi connectivity index (χ2n) is 7.65. The van der Waals surface area contributed by atoms with Crippen LogP contribution < -0.4 is 15.5 Å². The Morgan fingerprint density at radius 1 is 1.25 bits per heavy atom. The molecule has 0 amide bonds. The van der Waals surface area contributed by atoms with Gasteiger partial charge in [0.1, 0.15) is 5.82 Å². The predicted octanol–water partition coefficient (Wildman–Crippen LogP) is 3.81. The van der Waals surface area contributed by atoms with E-state index in [2.05, 4.69) is 54.3 Å². The molecule has 0 aromatic carbocycles. The van der Waals surface area contributed by atoms with Gasteiger partial charge in [-0.2, -0.15) is 0 Å². The van der Waals surface area contributed by atoms with Crippen molar-refractivity contribution in [2.75, 3.05) is 37.7 Å². The molecule has 28 heavy (non-hydrogen) atoms. The van der Waals surface area contributed by atoms with Crippen LogP contribution in [0.3, 0.4) is 0 Å². The standard InChI is InChI=1S/C21H37N5O.HI/c1-5-22-21(25-18(4)9-6-8-17(2)3)24-16-19-10-7-11-23-20(19)26-12-14-27-15-13-26;/h7,10-11,17-18H,5-6,8-9,12-16H2,1-4H3,(H2,22,24,25);1H. The summed E-state index contributed by atoms with van der Waals surface area (Å²) >= 11 is 0. The van der Waals surface area contributed by atoms with Crippen molar-refractivity contribution < 1.29 is 4.74 Å². The molecule has 6 nitrogen and oxygen atoms in total. The number of nitrogens with zero attached hydrogens (tertiary/aromatic N) is 3. The summed E-state index contributed by atoms with van der Waals surface area (Å²) in [6.45, 7) is 13.7. The van der Waals surface area contributed by atoms with E-state index in [1.54, 1.807) is 0 Å². The number of aromatic nitrogens is 1. The maximum absolute atomic E-state index is 5.46. The van der Waals surface area contributed by atoms with Crippen LogP contribution in [0.15, 0.2) is 23.3 Å². The van der Waals surface area contributed by atoms with Crippen LogP contribution in [0.25, 0.3) is 0 Å². The molecule has 1 aromatic heterocycles. The summed E-state index contributed by atoms with van der Waals surface area (Å²) in [7, 11) is 0. The van der Waals surface area contributed by atoms with Gasteiger partial charge in [0.2, 0.25) is 0 Å². The summed E-state index contributed by atoms with van der Waals surface area (Å²) in [5, 5.41) is 6.91. The minimum Gasteiger partial charge on any atom is -0.378 e. The van der Waals surface area contributed by atoms with Crippen molar-refractivity contribution in [3.05, 3.63) is 23.9 Å². The van der Waals surface area contributed by atoms with E-state index in [9.17, 15) is 0 Å². The Morgan fingerprint density at radius 3 is 2.68 bits per heavy atom. The van der Waals surface area contributed by atoms with Crippen LogP contribution in [0, 0.1) is 5.92 Å². The third-order valence-corrected chi connectivity index (χ3v) is 4.73. The van der Waals surface area contributed by atoms with Crippen LogP contribution in [-0.2, 0) is 11.3 Å². The second-order valence-corrected chi connectivity index (χ2v) is 7.65. The molecule has 7 heteroatoms. The molecule has 0 bridgehead atoms. The second kappa shape index (κ2) is 14.0. The zero-order chi connectivity index (χ0) is 19.5. The van der Waals surface area contributed by atoms with Crippen LogP contribution in [0.2, 0.25) is 0 Å². The van der Waals surface area contributed by atoms with Crippen molar-refractivity contribution in [2.45, 2.75) is 59.5 Å². The first-order valence-corrected chi connectivity index (χ1v) is 10.4. The zero-order valence-electron chi connectivity index (χ0n) is 17.9. The molecule has 160 valence electrons. The molecule has 1 saturated heterocycles. The zero-order valence-corrected chi connectivity index (χ0v) is 20.2. The fraction of sp³-hybridized carbons (Fsp3) is 0.714. The van der Waals surface area contributed by atoms with Crippen molar-refractivity contribution in [1.82, 2.24) is 15.6 Å². The minimum absolute atomic E-state index is 0. The van der Waals surface area contributed by atoms with Crippen LogP contribution in [0.5, 0.6) is 0 Å². The van der Waals surface area contributed by atoms with Crippen LogP contribution in [0.4, 0.5) is 5.82 Å². The van der Waals surface area contributed by atoms with E-state index in [0.717, 1.165) is 62.5 Å². The highest BCUT2D eigenvalue weighted by molar-refractivity contribution is 14.0. The number of pyridine rings is 1. The number of morpholine rings is 1. The lowest BCUT2D eigenvalue weighted by molar-refractivity contribution is 0.122. The number of anilines is 1. The largest absolute Gasteiger partial charge is 0.378 e. The summed E-state index contributed by atoms with van der Waals surface area (Å²) in [4.78, 5) is 11.7. The number of hydrogen-bond donors (Lipinski definition) is 2. The lowest BCUT2D eigenvalue weighted by Gasteiger charge is -2.29. The van der Waals surface area contributed by atoms with Crippen molar-refractivity contribution in [1.29, 1.82) is 0 Å². The molecule has 0 radical (unpaired) electrons. The van der Waals surface area contributed by atoms with E-state index < -0.39 is 0 Å². The summed E-state index contributed by atoms with van der Waals surface area (Å²) in [5.74, 6) is 2.68.